The smallest absolute Gasteiger partial charge is 0.272 e. The number of hydrogen-bond donors (Lipinski definition) is 0. The van der Waals surface area contributed by atoms with E-state index in [1.165, 1.54) is 9.88 Å². The Morgan fingerprint density at radius 2 is 2.14 bits per heavy atom. The summed E-state index contributed by atoms with van der Waals surface area (Å²) in [4.78, 5) is 24.1. The molecule has 0 bridgehead atoms. The van der Waals surface area contributed by atoms with Crippen LogP contribution in [0.5, 0.6) is 0 Å². The van der Waals surface area contributed by atoms with Gasteiger partial charge in [-0.25, -0.2) is 4.98 Å². The molecule has 0 unspecified atom stereocenters. The second-order valence-electron chi connectivity index (χ2n) is 5.23. The highest BCUT2D eigenvalue weighted by Gasteiger charge is 2.26. The molecule has 0 radical (unpaired) electrons. The van der Waals surface area contributed by atoms with Gasteiger partial charge in [-0.05, 0) is 31.9 Å². The van der Waals surface area contributed by atoms with E-state index in [2.05, 4.69) is 16.9 Å². The van der Waals surface area contributed by atoms with Crippen molar-refractivity contribution in [3.63, 3.8) is 0 Å². The van der Waals surface area contributed by atoms with Gasteiger partial charge in [0.05, 0.1) is 5.01 Å². The minimum absolute atomic E-state index is 0.0359. The molecule has 0 aliphatic carbocycles. The topological polar surface area (TPSA) is 46.1 Å². The van der Waals surface area contributed by atoms with Crippen molar-refractivity contribution in [2.75, 3.05) is 13.1 Å². The Morgan fingerprint density at radius 3 is 2.76 bits per heavy atom. The van der Waals surface area contributed by atoms with Gasteiger partial charge in [-0.2, -0.15) is 0 Å². The molecule has 6 heteroatoms. The summed E-state index contributed by atoms with van der Waals surface area (Å²) in [5.74, 6) is 0.436. The molecular formula is C15H16ClN3OS. The number of aryl methyl sites for hydroxylation is 1. The van der Waals surface area contributed by atoms with Crippen LogP contribution in [0.4, 0.5) is 0 Å². The van der Waals surface area contributed by atoms with Gasteiger partial charge in [0.2, 0.25) is 0 Å². The number of carbonyl (C=O) groups excluding carboxylic acids is 1. The highest BCUT2D eigenvalue weighted by molar-refractivity contribution is 7.11. The van der Waals surface area contributed by atoms with E-state index < -0.39 is 0 Å². The van der Waals surface area contributed by atoms with Crippen molar-refractivity contribution in [2.45, 2.75) is 25.7 Å². The fraction of sp³-hybridized carbons (Fsp3) is 0.400. The van der Waals surface area contributed by atoms with Crippen LogP contribution >= 0.6 is 22.9 Å². The van der Waals surface area contributed by atoms with Crippen LogP contribution in [0.2, 0.25) is 5.02 Å². The Hall–Kier alpha value is -1.46. The maximum atomic E-state index is 12.4. The fourth-order valence-electron chi connectivity index (χ4n) is 2.57. The lowest BCUT2D eigenvalue weighted by Gasteiger charge is -2.30. The maximum Gasteiger partial charge on any atom is 0.272 e. The van der Waals surface area contributed by atoms with Gasteiger partial charge in [0.25, 0.3) is 5.91 Å². The number of hydrogen-bond acceptors (Lipinski definition) is 4. The van der Waals surface area contributed by atoms with Gasteiger partial charge in [0.15, 0.2) is 0 Å². The van der Waals surface area contributed by atoms with Crippen LogP contribution in [0.25, 0.3) is 0 Å². The quantitative estimate of drug-likeness (QED) is 0.850. The third-order valence-corrected chi connectivity index (χ3v) is 5.02. The Kier molecular flexibility index (Phi) is 4.22. The zero-order valence-corrected chi connectivity index (χ0v) is 13.3. The molecule has 2 aromatic heterocycles. The van der Waals surface area contributed by atoms with Gasteiger partial charge in [-0.15, -0.1) is 11.3 Å². The molecule has 1 amide bonds. The number of carbonyl (C=O) groups is 1. The molecule has 1 fully saturated rings. The molecule has 1 saturated heterocycles. The minimum Gasteiger partial charge on any atom is -0.337 e. The van der Waals surface area contributed by atoms with Gasteiger partial charge >= 0.3 is 0 Å². The molecule has 110 valence electrons. The lowest BCUT2D eigenvalue weighted by atomic mass is 9.97. The standard InChI is InChI=1S/C15H16ClN3OS/c1-10-9-18-14(21-10)11-3-6-19(7-4-11)15(20)13-8-12(16)2-5-17-13/h2,5,8-9,11H,3-4,6-7H2,1H3. The van der Waals surface area contributed by atoms with E-state index in [1.54, 1.807) is 29.7 Å². The number of rotatable bonds is 2. The molecule has 1 aliphatic rings. The van der Waals surface area contributed by atoms with Crippen molar-refractivity contribution >= 4 is 28.8 Å². The fourth-order valence-corrected chi connectivity index (χ4v) is 3.68. The van der Waals surface area contributed by atoms with E-state index >= 15 is 0 Å². The van der Waals surface area contributed by atoms with Gasteiger partial charge in [0.1, 0.15) is 5.69 Å². The van der Waals surface area contributed by atoms with Crippen molar-refractivity contribution in [3.8, 4) is 0 Å². The first-order valence-corrected chi connectivity index (χ1v) is 8.16. The summed E-state index contributed by atoms with van der Waals surface area (Å²) < 4.78 is 0. The molecule has 4 nitrogen and oxygen atoms in total. The first-order chi connectivity index (χ1) is 10.1. The molecule has 0 atom stereocenters. The molecule has 0 aromatic carbocycles. The Balaban J connectivity index is 1.64. The van der Waals surface area contributed by atoms with Crippen molar-refractivity contribution in [1.29, 1.82) is 0 Å². The predicted octanol–water partition coefficient (Wildman–Crippen LogP) is 3.52. The molecule has 0 saturated carbocycles. The lowest BCUT2D eigenvalue weighted by Crippen LogP contribution is -2.38. The highest BCUT2D eigenvalue weighted by Crippen LogP contribution is 2.31. The summed E-state index contributed by atoms with van der Waals surface area (Å²) in [5, 5.41) is 1.74. The SMILES string of the molecule is Cc1cnc(C2CCN(C(=O)c3cc(Cl)ccn3)CC2)s1. The molecular weight excluding hydrogens is 306 g/mol. The highest BCUT2D eigenvalue weighted by atomic mass is 35.5. The molecule has 21 heavy (non-hydrogen) atoms. The molecule has 2 aromatic rings. The number of thiazole rings is 1. The number of aromatic nitrogens is 2. The van der Waals surface area contributed by atoms with Crippen LogP contribution in [0.15, 0.2) is 24.5 Å². The van der Waals surface area contributed by atoms with Crippen LogP contribution < -0.4 is 0 Å². The number of pyridine rings is 1. The molecule has 3 heterocycles. The van der Waals surface area contributed by atoms with E-state index in [0.29, 0.717) is 16.6 Å². The number of piperidine rings is 1. The lowest BCUT2D eigenvalue weighted by molar-refractivity contribution is 0.0707. The van der Waals surface area contributed by atoms with E-state index in [0.717, 1.165) is 25.9 Å². The summed E-state index contributed by atoms with van der Waals surface area (Å²) in [7, 11) is 0. The predicted molar refractivity (Wildman–Crippen MR) is 84.0 cm³/mol. The summed E-state index contributed by atoms with van der Waals surface area (Å²) in [6.07, 6.45) is 5.41. The summed E-state index contributed by atoms with van der Waals surface area (Å²) in [5.41, 5.74) is 0.422. The van der Waals surface area contributed by atoms with Crippen molar-refractivity contribution < 1.29 is 4.79 Å². The second kappa shape index (κ2) is 6.12. The average molecular weight is 322 g/mol. The van der Waals surface area contributed by atoms with Gasteiger partial charge < -0.3 is 4.90 Å². The van der Waals surface area contributed by atoms with E-state index in [1.807, 2.05) is 11.1 Å². The largest absolute Gasteiger partial charge is 0.337 e. The van der Waals surface area contributed by atoms with Crippen LogP contribution in [-0.2, 0) is 0 Å². The van der Waals surface area contributed by atoms with E-state index in [-0.39, 0.29) is 5.91 Å². The minimum atomic E-state index is -0.0359. The normalized spacial score (nSPS) is 16.2. The van der Waals surface area contributed by atoms with Crippen molar-refractivity contribution in [3.05, 3.63) is 45.1 Å². The van der Waals surface area contributed by atoms with Gasteiger partial charge in [-0.1, -0.05) is 11.6 Å². The molecule has 0 N–H and O–H groups in total. The van der Waals surface area contributed by atoms with E-state index in [9.17, 15) is 4.79 Å². The Morgan fingerprint density at radius 1 is 1.38 bits per heavy atom. The number of nitrogens with zero attached hydrogens (tertiary/aromatic N) is 3. The number of likely N-dealkylation sites (tertiary alicyclic amines) is 1. The summed E-state index contributed by atoms with van der Waals surface area (Å²) in [6.45, 7) is 3.57. The van der Waals surface area contributed by atoms with Crippen LogP contribution in [-0.4, -0.2) is 33.9 Å². The summed E-state index contributed by atoms with van der Waals surface area (Å²) >= 11 is 7.67. The van der Waals surface area contributed by atoms with Gasteiger partial charge in [-0.3, -0.25) is 9.78 Å². The van der Waals surface area contributed by atoms with Crippen LogP contribution in [0.3, 0.4) is 0 Å². The number of amides is 1. The zero-order valence-electron chi connectivity index (χ0n) is 11.8. The zero-order chi connectivity index (χ0) is 14.8. The third-order valence-electron chi connectivity index (χ3n) is 3.71. The first-order valence-electron chi connectivity index (χ1n) is 6.96. The Labute approximate surface area is 132 Å². The number of halogens is 1. The molecule has 1 aliphatic heterocycles. The third kappa shape index (κ3) is 3.24. The van der Waals surface area contributed by atoms with Crippen LogP contribution in [0, 0.1) is 6.92 Å². The van der Waals surface area contributed by atoms with Crippen LogP contribution in [0.1, 0.15) is 39.1 Å². The average Bonchev–Trinajstić information content (AvgIpc) is 2.93. The second-order valence-corrected chi connectivity index (χ2v) is 6.94. The van der Waals surface area contributed by atoms with Gasteiger partial charge in [0, 0.05) is 41.3 Å². The molecule has 0 spiro atoms. The van der Waals surface area contributed by atoms with E-state index in [4.69, 9.17) is 11.6 Å². The summed E-state index contributed by atoms with van der Waals surface area (Å²) in [6, 6.07) is 3.30. The monoisotopic (exact) mass is 321 g/mol. The first kappa shape index (κ1) is 14.5. The Bertz CT molecular complexity index is 650. The van der Waals surface area contributed by atoms with Crippen molar-refractivity contribution in [2.24, 2.45) is 0 Å². The maximum absolute atomic E-state index is 12.4. The van der Waals surface area contributed by atoms with Crippen molar-refractivity contribution in [1.82, 2.24) is 14.9 Å². The molecule has 3 rings (SSSR count).